The van der Waals surface area contributed by atoms with E-state index >= 15 is 0 Å². The molecule has 1 aromatic heterocycles. The SMILES string of the molecule is O=S(=O)(NCCc1ncn[nH]1)c1ccc(OCCO)cc1. The van der Waals surface area contributed by atoms with Gasteiger partial charge in [0.15, 0.2) is 0 Å². The molecule has 3 N–H and O–H groups in total. The van der Waals surface area contributed by atoms with Crippen molar-refractivity contribution in [3.63, 3.8) is 0 Å². The summed E-state index contributed by atoms with van der Waals surface area (Å²) >= 11 is 0. The number of hydrogen-bond acceptors (Lipinski definition) is 6. The van der Waals surface area contributed by atoms with Gasteiger partial charge in [0.2, 0.25) is 10.0 Å². The highest BCUT2D eigenvalue weighted by Crippen LogP contribution is 2.15. The molecule has 0 saturated heterocycles. The number of aromatic nitrogens is 3. The van der Waals surface area contributed by atoms with Crippen molar-refractivity contribution < 1.29 is 18.3 Å². The first-order chi connectivity index (χ1) is 10.1. The predicted molar refractivity (Wildman–Crippen MR) is 74.3 cm³/mol. The van der Waals surface area contributed by atoms with Crippen LogP contribution in [0.25, 0.3) is 0 Å². The van der Waals surface area contributed by atoms with Crippen LogP contribution in [0.1, 0.15) is 5.82 Å². The number of rotatable bonds is 8. The number of ether oxygens (including phenoxy) is 1. The average molecular weight is 312 g/mol. The minimum atomic E-state index is -3.57. The molecule has 0 bridgehead atoms. The minimum absolute atomic E-state index is 0.0940. The van der Waals surface area contributed by atoms with Crippen molar-refractivity contribution in [3.8, 4) is 5.75 Å². The summed E-state index contributed by atoms with van der Waals surface area (Å²) in [5.41, 5.74) is 0. The van der Waals surface area contributed by atoms with Crippen LogP contribution in [0.4, 0.5) is 0 Å². The van der Waals surface area contributed by atoms with Crippen molar-refractivity contribution in [3.05, 3.63) is 36.4 Å². The molecular weight excluding hydrogens is 296 g/mol. The smallest absolute Gasteiger partial charge is 0.240 e. The number of nitrogens with one attached hydrogen (secondary N) is 2. The van der Waals surface area contributed by atoms with Gasteiger partial charge in [0.1, 0.15) is 24.5 Å². The molecular formula is C12H16N4O4S. The second-order valence-electron chi connectivity index (χ2n) is 4.12. The van der Waals surface area contributed by atoms with Gasteiger partial charge in [-0.25, -0.2) is 18.1 Å². The Morgan fingerprint density at radius 1 is 1.29 bits per heavy atom. The molecule has 8 nitrogen and oxygen atoms in total. The van der Waals surface area contributed by atoms with Crippen molar-refractivity contribution >= 4 is 10.0 Å². The first kappa shape index (κ1) is 15.4. The molecule has 0 atom stereocenters. The normalized spacial score (nSPS) is 11.5. The fraction of sp³-hybridized carbons (Fsp3) is 0.333. The fourth-order valence-corrected chi connectivity index (χ4v) is 2.65. The van der Waals surface area contributed by atoms with Crippen molar-refractivity contribution in [2.45, 2.75) is 11.3 Å². The molecule has 0 radical (unpaired) electrons. The lowest BCUT2D eigenvalue weighted by Crippen LogP contribution is -2.26. The molecule has 0 aliphatic carbocycles. The molecule has 0 amide bonds. The van der Waals surface area contributed by atoms with E-state index in [-0.39, 0.29) is 24.7 Å². The van der Waals surface area contributed by atoms with Crippen LogP contribution in [0, 0.1) is 0 Å². The zero-order valence-corrected chi connectivity index (χ0v) is 12.0. The summed E-state index contributed by atoms with van der Waals surface area (Å²) in [6, 6.07) is 5.98. The number of benzene rings is 1. The summed E-state index contributed by atoms with van der Waals surface area (Å²) in [5, 5.41) is 15.0. The molecule has 1 aromatic carbocycles. The van der Waals surface area contributed by atoms with Gasteiger partial charge in [0.05, 0.1) is 11.5 Å². The molecule has 21 heavy (non-hydrogen) atoms. The van der Waals surface area contributed by atoms with Gasteiger partial charge in [-0.2, -0.15) is 5.10 Å². The quantitative estimate of drug-likeness (QED) is 0.616. The number of sulfonamides is 1. The Labute approximate surface area is 122 Å². The van der Waals surface area contributed by atoms with Crippen LogP contribution in [-0.4, -0.2) is 48.5 Å². The third-order valence-electron chi connectivity index (χ3n) is 2.61. The number of hydrogen-bond donors (Lipinski definition) is 3. The molecule has 114 valence electrons. The van der Waals surface area contributed by atoms with E-state index in [0.29, 0.717) is 18.0 Å². The van der Waals surface area contributed by atoms with Gasteiger partial charge >= 0.3 is 0 Å². The zero-order valence-electron chi connectivity index (χ0n) is 11.2. The summed E-state index contributed by atoms with van der Waals surface area (Å²) in [7, 11) is -3.57. The maximum Gasteiger partial charge on any atom is 0.240 e. The molecule has 0 aliphatic rings. The van der Waals surface area contributed by atoms with E-state index in [1.165, 1.54) is 18.5 Å². The Hall–Kier alpha value is -1.97. The van der Waals surface area contributed by atoms with Gasteiger partial charge in [0, 0.05) is 13.0 Å². The maximum absolute atomic E-state index is 12.0. The molecule has 0 fully saturated rings. The van der Waals surface area contributed by atoms with E-state index in [0.717, 1.165) is 0 Å². The van der Waals surface area contributed by atoms with Crippen molar-refractivity contribution in [2.75, 3.05) is 19.8 Å². The number of aliphatic hydroxyl groups is 1. The van der Waals surface area contributed by atoms with Crippen LogP contribution >= 0.6 is 0 Å². The number of aliphatic hydroxyl groups excluding tert-OH is 1. The van der Waals surface area contributed by atoms with Gasteiger partial charge in [-0.15, -0.1) is 0 Å². The second kappa shape index (κ2) is 7.16. The van der Waals surface area contributed by atoms with Gasteiger partial charge in [0.25, 0.3) is 0 Å². The number of aromatic amines is 1. The predicted octanol–water partition coefficient (Wildman–Crippen LogP) is -0.303. The summed E-state index contributed by atoms with van der Waals surface area (Å²) < 4.78 is 31.7. The van der Waals surface area contributed by atoms with Gasteiger partial charge < -0.3 is 9.84 Å². The Morgan fingerprint density at radius 3 is 2.67 bits per heavy atom. The first-order valence-corrected chi connectivity index (χ1v) is 7.78. The topological polar surface area (TPSA) is 117 Å². The van der Waals surface area contributed by atoms with Crippen LogP contribution in [-0.2, 0) is 16.4 Å². The third kappa shape index (κ3) is 4.52. The highest BCUT2D eigenvalue weighted by Gasteiger charge is 2.13. The van der Waals surface area contributed by atoms with E-state index in [4.69, 9.17) is 9.84 Å². The van der Waals surface area contributed by atoms with Crippen LogP contribution in [0.2, 0.25) is 0 Å². The lowest BCUT2D eigenvalue weighted by atomic mass is 10.3. The Morgan fingerprint density at radius 2 is 2.05 bits per heavy atom. The second-order valence-corrected chi connectivity index (χ2v) is 5.89. The Balaban J connectivity index is 1.92. The lowest BCUT2D eigenvalue weighted by Gasteiger charge is -2.07. The molecule has 0 saturated carbocycles. The molecule has 2 rings (SSSR count). The molecule has 0 spiro atoms. The molecule has 0 unspecified atom stereocenters. The minimum Gasteiger partial charge on any atom is -0.491 e. The van der Waals surface area contributed by atoms with Crippen molar-refractivity contribution in [1.82, 2.24) is 19.9 Å². The number of H-pyrrole nitrogens is 1. The lowest BCUT2D eigenvalue weighted by molar-refractivity contribution is 0.201. The summed E-state index contributed by atoms with van der Waals surface area (Å²) in [6.07, 6.45) is 1.80. The number of nitrogens with zero attached hydrogens (tertiary/aromatic N) is 2. The highest BCUT2D eigenvalue weighted by molar-refractivity contribution is 7.89. The van der Waals surface area contributed by atoms with Crippen molar-refractivity contribution in [2.24, 2.45) is 0 Å². The van der Waals surface area contributed by atoms with Crippen LogP contribution in [0.3, 0.4) is 0 Å². The van der Waals surface area contributed by atoms with Crippen LogP contribution < -0.4 is 9.46 Å². The summed E-state index contributed by atoms with van der Waals surface area (Å²) in [6.45, 7) is 0.297. The van der Waals surface area contributed by atoms with E-state index < -0.39 is 10.0 Å². The van der Waals surface area contributed by atoms with Crippen LogP contribution in [0.15, 0.2) is 35.5 Å². The van der Waals surface area contributed by atoms with Gasteiger partial charge in [-0.05, 0) is 24.3 Å². The average Bonchev–Trinajstić information content (AvgIpc) is 2.98. The standard InChI is InChI=1S/C12H16N4O4S/c17-7-8-20-10-1-3-11(4-2-10)21(18,19)15-6-5-12-13-9-14-16-12/h1-4,9,15,17H,5-8H2,(H,13,14,16). The third-order valence-corrected chi connectivity index (χ3v) is 4.09. The highest BCUT2D eigenvalue weighted by atomic mass is 32.2. The van der Waals surface area contributed by atoms with Crippen LogP contribution in [0.5, 0.6) is 5.75 Å². The van der Waals surface area contributed by atoms with E-state index in [9.17, 15) is 8.42 Å². The van der Waals surface area contributed by atoms with E-state index in [1.807, 2.05) is 0 Å². The summed E-state index contributed by atoms with van der Waals surface area (Å²) in [5.74, 6) is 1.12. The molecule has 2 aromatic rings. The first-order valence-electron chi connectivity index (χ1n) is 6.29. The molecule has 1 heterocycles. The molecule has 0 aliphatic heterocycles. The monoisotopic (exact) mass is 312 g/mol. The van der Waals surface area contributed by atoms with E-state index in [1.54, 1.807) is 12.1 Å². The van der Waals surface area contributed by atoms with E-state index in [2.05, 4.69) is 19.9 Å². The molecule has 9 heteroatoms. The maximum atomic E-state index is 12.0. The van der Waals surface area contributed by atoms with Gasteiger partial charge in [-0.3, -0.25) is 5.10 Å². The summed E-state index contributed by atoms with van der Waals surface area (Å²) in [4.78, 5) is 4.06. The Kier molecular flexibility index (Phi) is 5.26. The van der Waals surface area contributed by atoms with Crippen molar-refractivity contribution in [1.29, 1.82) is 0 Å². The van der Waals surface area contributed by atoms with Gasteiger partial charge in [-0.1, -0.05) is 0 Å². The zero-order chi connectivity index (χ0) is 15.1. The Bertz CT molecular complexity index is 640. The largest absolute Gasteiger partial charge is 0.491 e. The fourth-order valence-electron chi connectivity index (χ4n) is 1.62.